The number of Topliss-reactive ketones (excluding diaryl/α,β-unsaturated/α-hetero) is 1. The molecule has 1 spiro atoms. The molecule has 0 aromatic carbocycles. The van der Waals surface area contributed by atoms with Gasteiger partial charge in [0.15, 0.2) is 0 Å². The van der Waals surface area contributed by atoms with E-state index < -0.39 is 66.5 Å². The lowest BCUT2D eigenvalue weighted by atomic mass is 9.72. The lowest BCUT2D eigenvalue weighted by molar-refractivity contribution is -0.143. The molecule has 2 saturated carbocycles. The monoisotopic (exact) mass is 544 g/mol. The fourth-order valence-electron chi connectivity index (χ4n) is 5.45. The maximum absolute atomic E-state index is 13.6. The molecule has 13 heteroatoms. The van der Waals surface area contributed by atoms with E-state index in [2.05, 4.69) is 16.0 Å². The lowest BCUT2D eigenvalue weighted by Crippen LogP contribution is -2.57. The summed E-state index contributed by atoms with van der Waals surface area (Å²) >= 11 is 0. The Hall–Kier alpha value is -2.83. The maximum atomic E-state index is 13.6. The molecule has 3 aliphatic rings. The molecular formula is C25H38F2N4O7. The SMILES string of the molecule is COCC(NC(=O)O)C(=O)N1CC2(CCCCC2)CC1C(=O)NC(CCC(C)(F)F)C(=O)C(=O)NC1CC1. The fourth-order valence-corrected chi connectivity index (χ4v) is 5.45. The smallest absolute Gasteiger partial charge is 0.405 e. The van der Waals surface area contributed by atoms with Crippen molar-refractivity contribution in [3.05, 3.63) is 0 Å². The number of hydrogen-bond acceptors (Lipinski definition) is 6. The van der Waals surface area contributed by atoms with Crippen molar-refractivity contribution in [1.82, 2.24) is 20.9 Å². The third-order valence-electron chi connectivity index (χ3n) is 7.58. The Morgan fingerprint density at radius 2 is 1.74 bits per heavy atom. The molecule has 4 N–H and O–H groups in total. The Morgan fingerprint density at radius 1 is 1.08 bits per heavy atom. The van der Waals surface area contributed by atoms with Crippen LogP contribution in [0.15, 0.2) is 0 Å². The molecule has 3 unspecified atom stereocenters. The second-order valence-electron chi connectivity index (χ2n) is 11.0. The summed E-state index contributed by atoms with van der Waals surface area (Å²) in [5, 5.41) is 16.3. The quantitative estimate of drug-likeness (QED) is 0.272. The van der Waals surface area contributed by atoms with E-state index in [0.717, 1.165) is 44.9 Å². The van der Waals surface area contributed by atoms with Gasteiger partial charge < -0.3 is 30.7 Å². The van der Waals surface area contributed by atoms with Crippen molar-refractivity contribution >= 4 is 29.6 Å². The van der Waals surface area contributed by atoms with Gasteiger partial charge in [-0.05, 0) is 50.9 Å². The van der Waals surface area contributed by atoms with Crippen molar-refractivity contribution in [2.24, 2.45) is 5.41 Å². The zero-order valence-corrected chi connectivity index (χ0v) is 21.9. The number of nitrogens with zero attached hydrogens (tertiary/aromatic N) is 1. The van der Waals surface area contributed by atoms with Crippen LogP contribution in [0.1, 0.15) is 71.1 Å². The number of likely N-dealkylation sites (tertiary alicyclic amines) is 1. The van der Waals surface area contributed by atoms with Crippen LogP contribution in [0.3, 0.4) is 0 Å². The van der Waals surface area contributed by atoms with Crippen LogP contribution < -0.4 is 16.0 Å². The first-order valence-corrected chi connectivity index (χ1v) is 13.2. The number of rotatable bonds is 12. The molecule has 0 aromatic rings. The van der Waals surface area contributed by atoms with Gasteiger partial charge in [-0.25, -0.2) is 13.6 Å². The van der Waals surface area contributed by atoms with Crippen LogP contribution in [0.5, 0.6) is 0 Å². The number of methoxy groups -OCH3 is 1. The van der Waals surface area contributed by atoms with Crippen molar-refractivity contribution in [2.45, 2.75) is 101 Å². The number of amides is 4. The van der Waals surface area contributed by atoms with Crippen molar-refractivity contribution in [1.29, 1.82) is 0 Å². The van der Waals surface area contributed by atoms with Gasteiger partial charge in [-0.15, -0.1) is 0 Å². The fraction of sp³-hybridized carbons (Fsp3) is 0.800. The summed E-state index contributed by atoms with van der Waals surface area (Å²) in [4.78, 5) is 64.8. The maximum Gasteiger partial charge on any atom is 0.405 e. The standard InChI is InChI=1S/C25H38F2N4O7/c1-24(26,27)11-8-16(19(32)21(34)28-15-6-7-15)29-20(33)18-12-25(9-4-3-5-10-25)14-31(18)22(35)17(13-38-2)30-23(36)37/h15-18,30H,3-14H2,1-2H3,(H,28,34)(H,29,33)(H,36,37). The van der Waals surface area contributed by atoms with Crippen LogP contribution >= 0.6 is 0 Å². The molecule has 1 heterocycles. The Kier molecular flexibility index (Phi) is 9.66. The van der Waals surface area contributed by atoms with Crippen LogP contribution in [0, 0.1) is 5.41 Å². The number of ether oxygens (including phenoxy) is 1. The van der Waals surface area contributed by atoms with Gasteiger partial charge >= 0.3 is 6.09 Å². The molecule has 11 nitrogen and oxygen atoms in total. The molecule has 0 bridgehead atoms. The number of carbonyl (C=O) groups excluding carboxylic acids is 4. The van der Waals surface area contributed by atoms with E-state index in [-0.39, 0.29) is 31.0 Å². The molecule has 38 heavy (non-hydrogen) atoms. The minimum atomic E-state index is -3.12. The number of ketones is 1. The van der Waals surface area contributed by atoms with Gasteiger partial charge in [0.05, 0.1) is 12.6 Å². The van der Waals surface area contributed by atoms with E-state index in [4.69, 9.17) is 4.74 Å². The molecular weight excluding hydrogens is 506 g/mol. The van der Waals surface area contributed by atoms with Crippen molar-refractivity contribution < 1.29 is 42.6 Å². The van der Waals surface area contributed by atoms with Crippen LogP contribution in [-0.2, 0) is 23.9 Å². The van der Waals surface area contributed by atoms with Gasteiger partial charge in [0.1, 0.15) is 12.1 Å². The Morgan fingerprint density at radius 3 is 2.29 bits per heavy atom. The van der Waals surface area contributed by atoms with E-state index in [0.29, 0.717) is 6.92 Å². The second-order valence-corrected chi connectivity index (χ2v) is 11.0. The molecule has 3 rings (SSSR count). The van der Waals surface area contributed by atoms with E-state index in [1.807, 2.05) is 0 Å². The molecule has 3 atom stereocenters. The predicted octanol–water partition coefficient (Wildman–Crippen LogP) is 1.59. The summed E-state index contributed by atoms with van der Waals surface area (Å²) in [7, 11) is 1.31. The van der Waals surface area contributed by atoms with Crippen LogP contribution in [-0.4, -0.2) is 90.0 Å². The van der Waals surface area contributed by atoms with E-state index >= 15 is 0 Å². The predicted molar refractivity (Wildman–Crippen MR) is 130 cm³/mol. The summed E-state index contributed by atoms with van der Waals surface area (Å²) in [6.45, 7) is 0.659. The lowest BCUT2D eigenvalue weighted by Gasteiger charge is -2.33. The largest absolute Gasteiger partial charge is 0.465 e. The van der Waals surface area contributed by atoms with Crippen LogP contribution in [0.4, 0.5) is 13.6 Å². The molecule has 1 saturated heterocycles. The highest BCUT2D eigenvalue weighted by Crippen LogP contribution is 2.46. The van der Waals surface area contributed by atoms with E-state index in [9.17, 15) is 37.9 Å². The summed E-state index contributed by atoms with van der Waals surface area (Å²) in [5.74, 6) is -6.45. The number of hydrogen-bond donors (Lipinski definition) is 4. The third kappa shape index (κ3) is 8.08. The molecule has 2 aliphatic carbocycles. The first kappa shape index (κ1) is 29.7. The number of alkyl halides is 2. The third-order valence-corrected chi connectivity index (χ3v) is 7.58. The summed E-state index contributed by atoms with van der Waals surface area (Å²) in [5.41, 5.74) is -0.351. The number of halogens is 2. The molecule has 3 fully saturated rings. The highest BCUT2D eigenvalue weighted by molar-refractivity contribution is 6.38. The molecule has 214 valence electrons. The van der Waals surface area contributed by atoms with Gasteiger partial charge in [0.25, 0.3) is 5.91 Å². The van der Waals surface area contributed by atoms with Gasteiger partial charge in [-0.3, -0.25) is 19.2 Å². The first-order chi connectivity index (χ1) is 17.8. The van der Waals surface area contributed by atoms with Gasteiger partial charge in [-0.1, -0.05) is 19.3 Å². The summed E-state index contributed by atoms with van der Waals surface area (Å²) < 4.78 is 32.3. The van der Waals surface area contributed by atoms with Crippen molar-refractivity contribution in [3.63, 3.8) is 0 Å². The zero-order chi connectivity index (χ0) is 28.1. The van der Waals surface area contributed by atoms with Gasteiger partial charge in [0, 0.05) is 26.1 Å². The Bertz CT molecular complexity index is 916. The minimum absolute atomic E-state index is 0.135. The Labute approximate surface area is 220 Å². The van der Waals surface area contributed by atoms with Crippen LogP contribution in [0.2, 0.25) is 0 Å². The van der Waals surface area contributed by atoms with Gasteiger partial charge in [-0.2, -0.15) is 0 Å². The summed E-state index contributed by atoms with van der Waals surface area (Å²) in [6.07, 6.45) is 3.52. The van der Waals surface area contributed by atoms with Crippen molar-refractivity contribution in [3.8, 4) is 0 Å². The molecule has 0 radical (unpaired) electrons. The zero-order valence-electron chi connectivity index (χ0n) is 21.9. The minimum Gasteiger partial charge on any atom is -0.465 e. The first-order valence-electron chi connectivity index (χ1n) is 13.2. The average molecular weight is 545 g/mol. The Balaban J connectivity index is 1.82. The van der Waals surface area contributed by atoms with Gasteiger partial charge in [0.2, 0.25) is 23.5 Å². The number of nitrogens with one attached hydrogen (secondary N) is 3. The normalized spacial score (nSPS) is 22.4. The summed E-state index contributed by atoms with van der Waals surface area (Å²) in [6, 6.07) is -3.94. The van der Waals surface area contributed by atoms with Crippen LogP contribution in [0.25, 0.3) is 0 Å². The second kappa shape index (κ2) is 12.4. The van der Waals surface area contributed by atoms with Crippen molar-refractivity contribution in [2.75, 3.05) is 20.3 Å². The number of carbonyl (C=O) groups is 5. The average Bonchev–Trinajstić information content (AvgIpc) is 3.59. The molecule has 1 aliphatic heterocycles. The molecule has 4 amide bonds. The van der Waals surface area contributed by atoms with E-state index in [1.165, 1.54) is 12.0 Å². The number of carboxylic acid groups (broad SMARTS) is 1. The molecule has 0 aromatic heterocycles. The van der Waals surface area contributed by atoms with E-state index in [1.54, 1.807) is 0 Å². The highest BCUT2D eigenvalue weighted by atomic mass is 19.3. The topological polar surface area (TPSA) is 154 Å². The highest BCUT2D eigenvalue weighted by Gasteiger charge is 2.50.